The number of methoxy groups -OCH3 is 1. The Bertz CT molecular complexity index is 1070. The summed E-state index contributed by atoms with van der Waals surface area (Å²) in [4.78, 5) is 13.0. The summed E-state index contributed by atoms with van der Waals surface area (Å²) in [6.07, 6.45) is 2.52. The van der Waals surface area contributed by atoms with Crippen LogP contribution in [0.15, 0.2) is 45.6 Å². The summed E-state index contributed by atoms with van der Waals surface area (Å²) in [6, 6.07) is 10.1. The van der Waals surface area contributed by atoms with Crippen LogP contribution in [-0.4, -0.2) is 26.9 Å². The molecule has 0 unspecified atom stereocenters. The largest absolute Gasteiger partial charge is 0.494 e. The van der Waals surface area contributed by atoms with Crippen molar-refractivity contribution in [3.8, 4) is 34.7 Å². The molecule has 0 amide bonds. The maximum absolute atomic E-state index is 13.0. The second kappa shape index (κ2) is 11.3. The standard InChI is InChI=1S/C25H30O7/c1-5-12-28-17-8-10-18(11-9-17)31-22-15-19(26)23-20(32-22)16-21(29-13-6-2)24(27-4)25(23)30-14-7-3/h8-11,15-16H,5-7,12-14H2,1-4H3. The van der Waals surface area contributed by atoms with E-state index in [-0.39, 0.29) is 16.8 Å². The average molecular weight is 443 g/mol. The van der Waals surface area contributed by atoms with E-state index in [1.807, 2.05) is 32.9 Å². The lowest BCUT2D eigenvalue weighted by Gasteiger charge is -2.17. The summed E-state index contributed by atoms with van der Waals surface area (Å²) in [7, 11) is 1.52. The molecule has 1 aromatic heterocycles. The Morgan fingerprint density at radius 3 is 2.06 bits per heavy atom. The molecule has 1 heterocycles. The number of rotatable bonds is 12. The van der Waals surface area contributed by atoms with Crippen LogP contribution in [0.5, 0.6) is 34.7 Å². The van der Waals surface area contributed by atoms with Crippen LogP contribution in [0, 0.1) is 0 Å². The summed E-state index contributed by atoms with van der Waals surface area (Å²) in [5.41, 5.74) is 0.00370. The van der Waals surface area contributed by atoms with Crippen LogP contribution in [0.25, 0.3) is 11.0 Å². The predicted octanol–water partition coefficient (Wildman–Crippen LogP) is 5.96. The first-order chi connectivity index (χ1) is 15.6. The highest BCUT2D eigenvalue weighted by Crippen LogP contribution is 2.43. The topological polar surface area (TPSA) is 76.4 Å². The van der Waals surface area contributed by atoms with Gasteiger partial charge in [-0.2, -0.15) is 0 Å². The minimum Gasteiger partial charge on any atom is -0.494 e. The van der Waals surface area contributed by atoms with Crippen molar-refractivity contribution >= 4 is 11.0 Å². The Balaban J connectivity index is 2.00. The van der Waals surface area contributed by atoms with E-state index in [4.69, 9.17) is 28.1 Å². The van der Waals surface area contributed by atoms with Gasteiger partial charge < -0.3 is 28.1 Å². The quantitative estimate of drug-likeness (QED) is 0.342. The van der Waals surface area contributed by atoms with E-state index in [1.165, 1.54) is 13.2 Å². The summed E-state index contributed by atoms with van der Waals surface area (Å²) in [5, 5.41) is 0.287. The highest BCUT2D eigenvalue weighted by molar-refractivity contribution is 5.89. The summed E-state index contributed by atoms with van der Waals surface area (Å²) in [5.74, 6) is 2.48. The Labute approximate surface area is 187 Å². The zero-order valence-electron chi connectivity index (χ0n) is 19.1. The van der Waals surface area contributed by atoms with Crippen molar-refractivity contribution in [2.75, 3.05) is 26.9 Å². The molecule has 0 bridgehead atoms. The molecule has 0 radical (unpaired) electrons. The molecule has 3 aromatic rings. The minimum atomic E-state index is -0.296. The third kappa shape index (κ3) is 5.46. The molecule has 0 aliphatic heterocycles. The van der Waals surface area contributed by atoms with Crippen LogP contribution < -0.4 is 29.1 Å². The Hall–Kier alpha value is -3.35. The zero-order valence-corrected chi connectivity index (χ0v) is 19.1. The minimum absolute atomic E-state index is 0.0674. The van der Waals surface area contributed by atoms with Crippen molar-refractivity contribution in [3.63, 3.8) is 0 Å². The van der Waals surface area contributed by atoms with Crippen molar-refractivity contribution in [2.24, 2.45) is 0 Å². The van der Waals surface area contributed by atoms with Crippen molar-refractivity contribution in [1.82, 2.24) is 0 Å². The summed E-state index contributed by atoms with van der Waals surface area (Å²) >= 11 is 0. The third-order valence-corrected chi connectivity index (χ3v) is 4.50. The van der Waals surface area contributed by atoms with Gasteiger partial charge in [-0.25, -0.2) is 0 Å². The van der Waals surface area contributed by atoms with Gasteiger partial charge >= 0.3 is 0 Å². The molecule has 0 aliphatic rings. The Morgan fingerprint density at radius 2 is 1.41 bits per heavy atom. The van der Waals surface area contributed by atoms with Gasteiger partial charge in [-0.05, 0) is 43.5 Å². The van der Waals surface area contributed by atoms with Gasteiger partial charge in [0.1, 0.15) is 22.5 Å². The number of hydrogen-bond donors (Lipinski definition) is 0. The molecule has 7 nitrogen and oxygen atoms in total. The molecule has 0 aliphatic carbocycles. The first-order valence-electron chi connectivity index (χ1n) is 11.0. The molecule has 7 heteroatoms. The lowest BCUT2D eigenvalue weighted by Crippen LogP contribution is -2.08. The van der Waals surface area contributed by atoms with Gasteiger partial charge in [0.2, 0.25) is 11.2 Å². The number of benzene rings is 2. The maximum Gasteiger partial charge on any atom is 0.294 e. The van der Waals surface area contributed by atoms with Crippen molar-refractivity contribution in [1.29, 1.82) is 0 Å². The van der Waals surface area contributed by atoms with Gasteiger partial charge in [-0.15, -0.1) is 0 Å². The van der Waals surface area contributed by atoms with Gasteiger partial charge in [0.15, 0.2) is 11.5 Å². The van der Waals surface area contributed by atoms with Crippen LogP contribution >= 0.6 is 0 Å². The molecule has 0 atom stereocenters. The van der Waals surface area contributed by atoms with Crippen LogP contribution in [0.4, 0.5) is 0 Å². The molecular formula is C25H30O7. The molecule has 0 saturated heterocycles. The fourth-order valence-corrected chi connectivity index (χ4v) is 3.07. The second-order valence-corrected chi connectivity index (χ2v) is 7.16. The molecule has 0 N–H and O–H groups in total. The average Bonchev–Trinajstić information content (AvgIpc) is 2.80. The lowest BCUT2D eigenvalue weighted by atomic mass is 10.1. The van der Waals surface area contributed by atoms with Crippen LogP contribution in [0.1, 0.15) is 40.0 Å². The van der Waals surface area contributed by atoms with Crippen molar-refractivity contribution in [3.05, 3.63) is 46.6 Å². The molecule has 0 saturated carbocycles. The number of ether oxygens (including phenoxy) is 5. The maximum atomic E-state index is 13.0. The van der Waals surface area contributed by atoms with Gasteiger partial charge in [0, 0.05) is 6.07 Å². The molecule has 3 rings (SSSR count). The van der Waals surface area contributed by atoms with E-state index >= 15 is 0 Å². The van der Waals surface area contributed by atoms with Crippen molar-refractivity contribution < 1.29 is 28.1 Å². The lowest BCUT2D eigenvalue weighted by molar-refractivity contribution is 0.268. The normalized spacial score (nSPS) is 10.8. The van der Waals surface area contributed by atoms with E-state index in [2.05, 4.69) is 0 Å². The molecule has 32 heavy (non-hydrogen) atoms. The van der Waals surface area contributed by atoms with Gasteiger partial charge in [-0.3, -0.25) is 4.79 Å². The second-order valence-electron chi connectivity index (χ2n) is 7.16. The van der Waals surface area contributed by atoms with Crippen LogP contribution in [0.2, 0.25) is 0 Å². The zero-order chi connectivity index (χ0) is 22.9. The van der Waals surface area contributed by atoms with Crippen LogP contribution in [0.3, 0.4) is 0 Å². The molecule has 2 aromatic carbocycles. The first kappa shape index (κ1) is 23.3. The highest BCUT2D eigenvalue weighted by atomic mass is 16.6. The molecule has 0 fully saturated rings. The van der Waals surface area contributed by atoms with Crippen molar-refractivity contribution in [2.45, 2.75) is 40.0 Å². The first-order valence-corrected chi connectivity index (χ1v) is 11.0. The van der Waals surface area contributed by atoms with E-state index in [0.717, 1.165) is 25.0 Å². The van der Waals surface area contributed by atoms with E-state index in [0.29, 0.717) is 48.4 Å². The predicted molar refractivity (Wildman–Crippen MR) is 123 cm³/mol. The highest BCUT2D eigenvalue weighted by Gasteiger charge is 2.22. The van der Waals surface area contributed by atoms with E-state index in [9.17, 15) is 4.79 Å². The SMILES string of the molecule is CCCOc1ccc(Oc2cc(=O)c3c(OCCC)c(OC)c(OCCC)cc3o2)cc1. The third-order valence-electron chi connectivity index (χ3n) is 4.50. The fourth-order valence-electron chi connectivity index (χ4n) is 3.07. The molecule has 0 spiro atoms. The summed E-state index contributed by atoms with van der Waals surface area (Å²) < 4.78 is 34.5. The fraction of sp³-hybridized carbons (Fsp3) is 0.400. The van der Waals surface area contributed by atoms with E-state index < -0.39 is 0 Å². The van der Waals surface area contributed by atoms with Gasteiger partial charge in [0.05, 0.1) is 33.0 Å². The van der Waals surface area contributed by atoms with Gasteiger partial charge in [0.25, 0.3) is 5.95 Å². The van der Waals surface area contributed by atoms with Gasteiger partial charge in [-0.1, -0.05) is 20.8 Å². The number of hydrogen-bond acceptors (Lipinski definition) is 7. The summed E-state index contributed by atoms with van der Waals surface area (Å²) in [6.45, 7) is 7.60. The van der Waals surface area contributed by atoms with Crippen LogP contribution in [-0.2, 0) is 0 Å². The molecular weight excluding hydrogens is 412 g/mol. The monoisotopic (exact) mass is 442 g/mol. The van der Waals surface area contributed by atoms with E-state index in [1.54, 1.807) is 18.2 Å². The Kier molecular flexibility index (Phi) is 8.25. The molecule has 172 valence electrons. The smallest absolute Gasteiger partial charge is 0.294 e. The number of fused-ring (bicyclic) bond motifs is 1. The Morgan fingerprint density at radius 1 is 0.781 bits per heavy atom.